The Morgan fingerprint density at radius 3 is 2.56 bits per heavy atom. The molecule has 0 bridgehead atoms. The molecule has 2 aliphatic heterocycles. The van der Waals surface area contributed by atoms with Crippen molar-refractivity contribution in [3.8, 4) is 17.2 Å². The number of hydrogen-bond donors (Lipinski definition) is 7. The molecule has 17 heteroatoms. The average Bonchev–Trinajstić information content (AvgIpc) is 2.90. The first-order chi connectivity index (χ1) is 19.4. The highest BCUT2D eigenvalue weighted by molar-refractivity contribution is 6.47. The molecule has 1 saturated heterocycles. The molecule has 41 heavy (non-hydrogen) atoms. The minimum Gasteiger partial charge on any atom is -0.534 e. The fraction of sp³-hybridized carbons (Fsp3) is 0.292. The van der Waals surface area contributed by atoms with Crippen LogP contribution in [-0.4, -0.2) is 99.1 Å². The number of piperazine rings is 1. The normalized spacial score (nSPS) is 17.4. The number of rotatable bonds is 7. The van der Waals surface area contributed by atoms with Crippen LogP contribution in [0.5, 0.6) is 17.2 Å². The summed E-state index contributed by atoms with van der Waals surface area (Å²) in [5.41, 5.74) is 4.74. The van der Waals surface area contributed by atoms with Crippen LogP contribution in [-0.2, 0) is 20.8 Å². The maximum Gasteiger partial charge on any atom is 0.547 e. The van der Waals surface area contributed by atoms with Gasteiger partial charge in [0.25, 0.3) is 0 Å². The number of hydrogen-bond acceptors (Lipinski definition) is 10. The Kier molecular flexibility index (Phi) is 8.29. The lowest BCUT2D eigenvalue weighted by atomic mass is 9.72. The second kappa shape index (κ2) is 11.7. The monoisotopic (exact) mass is 573 g/mol. The van der Waals surface area contributed by atoms with Gasteiger partial charge in [-0.1, -0.05) is 12.1 Å². The molecule has 0 spiro atoms. The van der Waals surface area contributed by atoms with Crippen molar-refractivity contribution in [1.29, 1.82) is 0 Å². The number of carboxylic acids is 1. The smallest absolute Gasteiger partial charge is 0.534 e. The van der Waals surface area contributed by atoms with E-state index in [1.807, 2.05) is 0 Å². The maximum absolute atomic E-state index is 14.9. The number of nitrogens with two attached hydrogens (primary N) is 1. The summed E-state index contributed by atoms with van der Waals surface area (Å²) in [6.45, 7) is -0.174. The van der Waals surface area contributed by atoms with Gasteiger partial charge in [-0.25, -0.2) is 14.0 Å². The third kappa shape index (κ3) is 5.85. The number of carboxylic acid groups (broad SMARTS) is 1. The van der Waals surface area contributed by atoms with Crippen LogP contribution in [0, 0.1) is 5.82 Å². The third-order valence-electron chi connectivity index (χ3n) is 6.54. The van der Waals surface area contributed by atoms with Crippen molar-refractivity contribution in [2.24, 2.45) is 5.73 Å². The number of carbonyl (C=O) groups excluding carboxylic acids is 4. The molecular weight excluding hydrogens is 548 g/mol. The number of fused-ring (bicyclic) bond motifs is 1. The number of benzene rings is 2. The van der Waals surface area contributed by atoms with Gasteiger partial charge in [-0.05, 0) is 18.1 Å². The molecule has 0 radical (unpaired) electrons. The predicted octanol–water partition coefficient (Wildman–Crippen LogP) is -1.55. The molecule has 8 N–H and O–H groups in total. The molecule has 0 saturated carbocycles. The van der Waals surface area contributed by atoms with E-state index in [-0.39, 0.29) is 43.9 Å². The first kappa shape index (κ1) is 29.1. The van der Waals surface area contributed by atoms with Crippen LogP contribution >= 0.6 is 0 Å². The standard InChI is InChI=1S/C24H25BFN5O10/c26-14-9-12(32)10-15(33)17(14)18(29-24(39)31-7-6-30(5-4-27)21(35)22(31)36)20(34)28-16-8-11-2-1-3-13(23(37)38)19(11)41-25(16)40/h1-3,9-10,16,18,32-33,40H,4-8,27H2,(H,28,34)(H,29,39)(H,37,38)/t16-,18+/m0/s1. The Balaban J connectivity index is 1.60. The summed E-state index contributed by atoms with van der Waals surface area (Å²) < 4.78 is 20.3. The van der Waals surface area contributed by atoms with Gasteiger partial charge in [-0.3, -0.25) is 19.3 Å². The molecule has 2 aromatic rings. The summed E-state index contributed by atoms with van der Waals surface area (Å²) in [4.78, 5) is 64.5. The van der Waals surface area contributed by atoms with E-state index in [9.17, 15) is 48.7 Å². The van der Waals surface area contributed by atoms with E-state index in [1.165, 1.54) is 18.2 Å². The Labute approximate surface area is 231 Å². The lowest BCUT2D eigenvalue weighted by Crippen LogP contribution is -2.60. The molecule has 15 nitrogen and oxygen atoms in total. The number of imide groups is 1. The molecule has 4 rings (SSSR count). The number of nitrogens with zero attached hydrogens (tertiary/aromatic N) is 2. The van der Waals surface area contributed by atoms with Crippen molar-refractivity contribution < 1.29 is 53.4 Å². The Hall–Kier alpha value is -4.90. The first-order valence-electron chi connectivity index (χ1n) is 12.3. The number of phenolic OH excluding ortho intramolecular Hbond substituents is 2. The van der Waals surface area contributed by atoms with E-state index in [0.717, 1.165) is 4.90 Å². The zero-order chi connectivity index (χ0) is 30.0. The van der Waals surface area contributed by atoms with Crippen LogP contribution in [0.2, 0.25) is 0 Å². The highest BCUT2D eigenvalue weighted by Crippen LogP contribution is 2.33. The molecule has 2 aromatic carbocycles. The number of phenols is 2. The average molecular weight is 573 g/mol. The predicted molar refractivity (Wildman–Crippen MR) is 136 cm³/mol. The highest BCUT2D eigenvalue weighted by Gasteiger charge is 2.42. The molecule has 2 aliphatic rings. The molecule has 0 unspecified atom stereocenters. The van der Waals surface area contributed by atoms with Gasteiger partial charge in [0.2, 0.25) is 5.91 Å². The van der Waals surface area contributed by atoms with E-state index < -0.39 is 71.7 Å². The second-order valence-corrected chi connectivity index (χ2v) is 9.21. The van der Waals surface area contributed by atoms with Crippen molar-refractivity contribution >= 4 is 36.8 Å². The largest absolute Gasteiger partial charge is 0.547 e. The first-order valence-corrected chi connectivity index (χ1v) is 12.3. The minimum absolute atomic E-state index is 0.0474. The fourth-order valence-corrected chi connectivity index (χ4v) is 4.57. The van der Waals surface area contributed by atoms with E-state index in [0.29, 0.717) is 22.6 Å². The van der Waals surface area contributed by atoms with Crippen molar-refractivity contribution in [2.45, 2.75) is 18.4 Å². The SMILES string of the molecule is NCCN1CCN(C(=O)N[C@@H](C(=O)N[C@H]2Cc3cccc(C(=O)O)c3OB2O)c2c(O)cc(O)cc2F)C(=O)C1=O. The topological polar surface area (TPSA) is 232 Å². The number of para-hydroxylation sites is 1. The molecule has 1 fully saturated rings. The van der Waals surface area contributed by atoms with Crippen LogP contribution in [0.15, 0.2) is 30.3 Å². The van der Waals surface area contributed by atoms with Gasteiger partial charge in [0.1, 0.15) is 29.1 Å². The van der Waals surface area contributed by atoms with Crippen LogP contribution in [0.1, 0.15) is 27.5 Å². The van der Waals surface area contributed by atoms with Gasteiger partial charge in [-0.2, -0.15) is 0 Å². The lowest BCUT2D eigenvalue weighted by molar-refractivity contribution is -0.153. The summed E-state index contributed by atoms with van der Waals surface area (Å²) in [7, 11) is -1.77. The van der Waals surface area contributed by atoms with Crippen LogP contribution < -0.4 is 21.0 Å². The van der Waals surface area contributed by atoms with Gasteiger partial charge in [0, 0.05) is 38.3 Å². The van der Waals surface area contributed by atoms with Crippen LogP contribution in [0.3, 0.4) is 0 Å². The fourth-order valence-electron chi connectivity index (χ4n) is 4.57. The molecule has 216 valence electrons. The number of carbonyl (C=O) groups is 5. The Morgan fingerprint density at radius 2 is 1.90 bits per heavy atom. The number of nitrogens with one attached hydrogen (secondary N) is 2. The molecule has 2 atom stereocenters. The molecule has 5 amide bonds. The van der Waals surface area contributed by atoms with Gasteiger partial charge in [-0.15, -0.1) is 0 Å². The Morgan fingerprint density at radius 1 is 1.17 bits per heavy atom. The van der Waals surface area contributed by atoms with E-state index in [1.54, 1.807) is 0 Å². The molecular formula is C24H25BFN5O10. The zero-order valence-electron chi connectivity index (χ0n) is 21.2. The summed E-state index contributed by atoms with van der Waals surface area (Å²) in [6.07, 6.45) is -0.135. The van der Waals surface area contributed by atoms with Gasteiger partial charge < -0.3 is 46.3 Å². The maximum atomic E-state index is 14.9. The number of urea groups is 1. The highest BCUT2D eigenvalue weighted by atomic mass is 19.1. The van der Waals surface area contributed by atoms with Crippen LogP contribution in [0.25, 0.3) is 0 Å². The van der Waals surface area contributed by atoms with Crippen molar-refractivity contribution in [1.82, 2.24) is 20.4 Å². The van der Waals surface area contributed by atoms with E-state index in [4.69, 9.17) is 10.4 Å². The molecule has 2 heterocycles. The molecule has 0 aromatic heterocycles. The Bertz CT molecular complexity index is 1400. The van der Waals surface area contributed by atoms with Gasteiger partial charge in [0.05, 0.1) is 17.1 Å². The summed E-state index contributed by atoms with van der Waals surface area (Å²) in [5.74, 6) is -8.97. The number of aromatic hydroxyl groups is 2. The second-order valence-electron chi connectivity index (χ2n) is 9.21. The lowest BCUT2D eigenvalue weighted by Gasteiger charge is -2.33. The van der Waals surface area contributed by atoms with Crippen molar-refractivity contribution in [3.63, 3.8) is 0 Å². The third-order valence-corrected chi connectivity index (χ3v) is 6.54. The minimum atomic E-state index is -2.04. The zero-order valence-corrected chi connectivity index (χ0v) is 21.2. The van der Waals surface area contributed by atoms with E-state index >= 15 is 0 Å². The number of amides is 5. The quantitative estimate of drug-likeness (QED) is 0.148. The summed E-state index contributed by atoms with van der Waals surface area (Å²) >= 11 is 0. The van der Waals surface area contributed by atoms with Crippen molar-refractivity contribution in [3.05, 3.63) is 52.8 Å². The number of aromatic carboxylic acids is 1. The summed E-state index contributed by atoms with van der Waals surface area (Å²) in [5, 5.41) is 44.4. The van der Waals surface area contributed by atoms with Gasteiger partial charge >= 0.3 is 30.9 Å². The van der Waals surface area contributed by atoms with Crippen LogP contribution in [0.4, 0.5) is 9.18 Å². The molecule has 0 aliphatic carbocycles. The number of halogens is 1. The van der Waals surface area contributed by atoms with Gasteiger partial charge in [0.15, 0.2) is 0 Å². The van der Waals surface area contributed by atoms with E-state index in [2.05, 4.69) is 10.6 Å². The summed E-state index contributed by atoms with van der Waals surface area (Å²) in [6, 6.07) is 2.19. The van der Waals surface area contributed by atoms with Crippen molar-refractivity contribution in [2.75, 3.05) is 26.2 Å².